The summed E-state index contributed by atoms with van der Waals surface area (Å²) in [5, 5.41) is 10.7. The van der Waals surface area contributed by atoms with Crippen LogP contribution >= 0.6 is 11.3 Å². The third kappa shape index (κ3) is 4.40. The molecule has 5 nitrogen and oxygen atoms in total. The van der Waals surface area contributed by atoms with Crippen molar-refractivity contribution in [2.24, 2.45) is 9.98 Å². The third-order valence-corrected chi connectivity index (χ3v) is 11.2. The molecule has 1 N–H and O–H groups in total. The zero-order chi connectivity index (χ0) is 33.5. The predicted octanol–water partition coefficient (Wildman–Crippen LogP) is 11.7. The van der Waals surface area contributed by atoms with Crippen molar-refractivity contribution >= 4 is 86.9 Å². The highest BCUT2D eigenvalue weighted by molar-refractivity contribution is 7.25. The van der Waals surface area contributed by atoms with Crippen LogP contribution in [0.15, 0.2) is 172 Å². The molecule has 4 heterocycles. The number of para-hydroxylation sites is 3. The summed E-state index contributed by atoms with van der Waals surface area (Å²) < 4.78 is 11.7. The Morgan fingerprint density at radius 2 is 1.20 bits per heavy atom. The average Bonchev–Trinajstić information content (AvgIpc) is 3.87. The maximum atomic E-state index is 6.77. The Balaban J connectivity index is 1.08. The standard InChI is InChI=1S/C45H28N4OS/c1-2-11-27(12-3-1)43-46-44(48-45(47-43)49-37-18-7-4-13-30(37)31-14-5-8-19-38(31)49)35-17-10-16-34-32-23-21-29(26-39(32)50-42(34)35)28-22-24-41-36(25-28)33-15-6-9-20-40(33)51-41/h1-26,45H,(H,46,47,48). The van der Waals surface area contributed by atoms with Crippen molar-refractivity contribution in [2.75, 3.05) is 0 Å². The molecule has 0 aliphatic carbocycles. The summed E-state index contributed by atoms with van der Waals surface area (Å²) in [6.07, 6.45) is -0.438. The van der Waals surface area contributed by atoms with Gasteiger partial charge in [0.05, 0.1) is 16.6 Å². The van der Waals surface area contributed by atoms with E-state index in [4.69, 9.17) is 14.4 Å². The van der Waals surface area contributed by atoms with Crippen LogP contribution in [0.4, 0.5) is 0 Å². The van der Waals surface area contributed by atoms with E-state index in [2.05, 4.69) is 149 Å². The maximum Gasteiger partial charge on any atom is 0.204 e. The van der Waals surface area contributed by atoms with Crippen LogP contribution in [0.2, 0.25) is 0 Å². The van der Waals surface area contributed by atoms with Gasteiger partial charge in [-0.05, 0) is 59.7 Å². The van der Waals surface area contributed by atoms with Crippen molar-refractivity contribution in [1.82, 2.24) is 9.88 Å². The smallest absolute Gasteiger partial charge is 0.204 e. The topological polar surface area (TPSA) is 54.8 Å². The molecule has 51 heavy (non-hydrogen) atoms. The second-order valence-corrected chi connectivity index (χ2v) is 14.1. The van der Waals surface area contributed by atoms with Crippen LogP contribution in [0.3, 0.4) is 0 Å². The number of nitrogens with zero attached hydrogens (tertiary/aromatic N) is 3. The van der Waals surface area contributed by atoms with E-state index in [1.165, 1.54) is 36.5 Å². The van der Waals surface area contributed by atoms with Gasteiger partial charge in [0.25, 0.3) is 0 Å². The molecule has 1 aliphatic heterocycles. The summed E-state index contributed by atoms with van der Waals surface area (Å²) in [7, 11) is 0. The van der Waals surface area contributed by atoms with Gasteiger partial charge in [0.15, 0.2) is 5.84 Å². The molecule has 7 aromatic carbocycles. The molecule has 6 heteroatoms. The highest BCUT2D eigenvalue weighted by Gasteiger charge is 2.26. The van der Waals surface area contributed by atoms with Crippen molar-refractivity contribution < 1.29 is 4.42 Å². The van der Waals surface area contributed by atoms with Crippen LogP contribution in [0.25, 0.3) is 75.0 Å². The van der Waals surface area contributed by atoms with Gasteiger partial charge in [-0.3, -0.25) is 0 Å². The zero-order valence-electron chi connectivity index (χ0n) is 27.2. The number of rotatable bonds is 4. The molecule has 0 radical (unpaired) electrons. The Bertz CT molecular complexity index is 3020. The summed E-state index contributed by atoms with van der Waals surface area (Å²) in [5.41, 5.74) is 7.98. The summed E-state index contributed by atoms with van der Waals surface area (Å²) in [5.74, 6) is 1.39. The van der Waals surface area contributed by atoms with Crippen LogP contribution < -0.4 is 5.32 Å². The van der Waals surface area contributed by atoms with E-state index in [0.717, 1.165) is 55.5 Å². The molecule has 0 saturated carbocycles. The van der Waals surface area contributed by atoms with Gasteiger partial charge in [-0.15, -0.1) is 11.3 Å². The average molecular weight is 673 g/mol. The van der Waals surface area contributed by atoms with E-state index in [0.29, 0.717) is 5.84 Å². The Morgan fingerprint density at radius 1 is 0.529 bits per heavy atom. The summed E-state index contributed by atoms with van der Waals surface area (Å²) >= 11 is 1.84. The first-order valence-electron chi connectivity index (χ1n) is 17.1. The SMILES string of the molecule is c1ccc(C2=NC(c3cccc4c3oc3cc(-c5ccc6sc7ccccc7c6c5)ccc34)=NC(n3c4ccccc4c4ccccc43)N2)cc1. The predicted molar refractivity (Wildman–Crippen MR) is 213 cm³/mol. The van der Waals surface area contributed by atoms with Gasteiger partial charge >= 0.3 is 0 Å². The van der Waals surface area contributed by atoms with E-state index >= 15 is 0 Å². The van der Waals surface area contributed by atoms with Gasteiger partial charge in [-0.25, -0.2) is 9.98 Å². The van der Waals surface area contributed by atoms with Crippen LogP contribution in [-0.4, -0.2) is 16.2 Å². The quantitative estimate of drug-likeness (QED) is 0.202. The largest absolute Gasteiger partial charge is 0.455 e. The highest BCUT2D eigenvalue weighted by atomic mass is 32.1. The highest BCUT2D eigenvalue weighted by Crippen LogP contribution is 2.39. The molecular weight excluding hydrogens is 645 g/mol. The monoisotopic (exact) mass is 672 g/mol. The zero-order valence-corrected chi connectivity index (χ0v) is 28.1. The molecule has 10 aromatic rings. The van der Waals surface area contributed by atoms with Crippen molar-refractivity contribution in [3.63, 3.8) is 0 Å². The van der Waals surface area contributed by atoms with E-state index in [1.807, 2.05) is 29.5 Å². The lowest BCUT2D eigenvalue weighted by molar-refractivity contribution is 0.515. The fourth-order valence-corrected chi connectivity index (χ4v) is 8.80. The molecule has 0 bridgehead atoms. The molecule has 0 saturated heterocycles. The van der Waals surface area contributed by atoms with E-state index in [9.17, 15) is 0 Å². The van der Waals surface area contributed by atoms with Crippen molar-refractivity contribution in [3.05, 3.63) is 169 Å². The lowest BCUT2D eigenvalue weighted by Crippen LogP contribution is -2.36. The Labute approximate surface area is 296 Å². The second kappa shape index (κ2) is 11.0. The molecular formula is C45H28N4OS. The van der Waals surface area contributed by atoms with Crippen molar-refractivity contribution in [2.45, 2.75) is 6.29 Å². The minimum atomic E-state index is -0.438. The number of furan rings is 1. The van der Waals surface area contributed by atoms with Crippen LogP contribution in [-0.2, 0) is 0 Å². The first kappa shape index (κ1) is 28.3. The minimum Gasteiger partial charge on any atom is -0.455 e. The normalized spacial score (nSPS) is 14.9. The lowest BCUT2D eigenvalue weighted by Gasteiger charge is -2.25. The number of hydrogen-bond acceptors (Lipinski definition) is 5. The van der Waals surface area contributed by atoms with E-state index in [-0.39, 0.29) is 0 Å². The van der Waals surface area contributed by atoms with Gasteiger partial charge in [-0.2, -0.15) is 0 Å². The number of thiophene rings is 1. The first-order chi connectivity index (χ1) is 25.3. The number of amidine groups is 2. The number of aromatic nitrogens is 1. The molecule has 0 amide bonds. The van der Waals surface area contributed by atoms with Gasteiger partial charge < -0.3 is 14.3 Å². The molecule has 3 aromatic heterocycles. The fourth-order valence-electron chi connectivity index (χ4n) is 7.71. The number of benzene rings is 7. The molecule has 11 rings (SSSR count). The minimum absolute atomic E-state index is 0.438. The number of hydrogen-bond donors (Lipinski definition) is 1. The van der Waals surface area contributed by atoms with E-state index in [1.54, 1.807) is 0 Å². The van der Waals surface area contributed by atoms with Gasteiger partial charge in [-0.1, -0.05) is 109 Å². The first-order valence-corrected chi connectivity index (χ1v) is 17.9. The fraction of sp³-hybridized carbons (Fsp3) is 0.0222. The summed E-state index contributed by atoms with van der Waals surface area (Å²) in [6.45, 7) is 0. The van der Waals surface area contributed by atoms with Gasteiger partial charge in [0.2, 0.25) is 6.29 Å². The van der Waals surface area contributed by atoms with E-state index < -0.39 is 6.29 Å². The van der Waals surface area contributed by atoms with Crippen molar-refractivity contribution in [1.29, 1.82) is 0 Å². The molecule has 240 valence electrons. The molecule has 0 fully saturated rings. The van der Waals surface area contributed by atoms with Crippen LogP contribution in [0.1, 0.15) is 17.4 Å². The molecule has 1 atom stereocenters. The summed E-state index contributed by atoms with van der Waals surface area (Å²) in [4.78, 5) is 10.5. The number of fused-ring (bicyclic) bond motifs is 9. The Hall–Kier alpha value is -6.50. The summed E-state index contributed by atoms with van der Waals surface area (Å²) in [6, 6.07) is 55.5. The molecule has 1 unspecified atom stereocenters. The number of aliphatic imine (C=N–C) groups is 2. The molecule has 0 spiro atoms. The third-order valence-electron chi connectivity index (χ3n) is 10.1. The molecule has 1 aliphatic rings. The van der Waals surface area contributed by atoms with Crippen LogP contribution in [0.5, 0.6) is 0 Å². The Morgan fingerprint density at radius 3 is 2.02 bits per heavy atom. The van der Waals surface area contributed by atoms with Gasteiger partial charge in [0, 0.05) is 47.3 Å². The Kier molecular flexibility index (Phi) is 6.12. The number of nitrogens with one attached hydrogen (secondary N) is 1. The maximum absolute atomic E-state index is 6.77. The van der Waals surface area contributed by atoms with Gasteiger partial charge in [0.1, 0.15) is 17.0 Å². The second-order valence-electron chi connectivity index (χ2n) is 13.0. The van der Waals surface area contributed by atoms with Crippen LogP contribution in [0, 0.1) is 0 Å². The van der Waals surface area contributed by atoms with Crippen molar-refractivity contribution in [3.8, 4) is 11.1 Å². The lowest BCUT2D eigenvalue weighted by atomic mass is 10.0.